The van der Waals surface area contributed by atoms with Gasteiger partial charge in [-0.05, 0) is 116 Å². The van der Waals surface area contributed by atoms with Gasteiger partial charge in [-0.1, -0.05) is 12.1 Å². The number of anilines is 4. The van der Waals surface area contributed by atoms with Gasteiger partial charge in [0.1, 0.15) is 5.75 Å². The number of nitrogens with zero attached hydrogens (tertiary/aromatic N) is 4. The van der Waals surface area contributed by atoms with Crippen LogP contribution in [0.2, 0.25) is 0 Å². The first-order valence-corrected chi connectivity index (χ1v) is 16.6. The zero-order valence-corrected chi connectivity index (χ0v) is 26.9. The molecule has 3 N–H and O–H groups in total. The van der Waals surface area contributed by atoms with Gasteiger partial charge in [-0.2, -0.15) is 9.97 Å². The van der Waals surface area contributed by atoms with Crippen molar-refractivity contribution in [1.29, 1.82) is 0 Å². The lowest BCUT2D eigenvalue weighted by atomic mass is 9.86. The highest BCUT2D eigenvalue weighted by Gasteiger charge is 2.26. The standard InChI is InChI=1S/C32H43N7O3S/c1-19(2)39-14-12-23(13-15-39)24-17-27(42-20(3)4)26(16-22(24)7)36-32-37-30-29(33-18-34-30)31(38-32)35-25-10-8-9-11-28(25)43(40,41)21(5)6/h8-11,16-21,23H,12-15H2,1-7H3,(H3,33,34,35,36,37,38). The second-order valence-electron chi connectivity index (χ2n) is 12.1. The van der Waals surface area contributed by atoms with Gasteiger partial charge in [0.25, 0.3) is 0 Å². The van der Waals surface area contributed by atoms with E-state index in [1.54, 1.807) is 44.4 Å². The molecule has 0 bridgehead atoms. The zero-order chi connectivity index (χ0) is 30.9. The minimum Gasteiger partial charge on any atom is -0.489 e. The summed E-state index contributed by atoms with van der Waals surface area (Å²) in [7, 11) is -3.54. The summed E-state index contributed by atoms with van der Waals surface area (Å²) < 4.78 is 32.5. The van der Waals surface area contributed by atoms with Crippen molar-refractivity contribution in [2.75, 3.05) is 23.7 Å². The molecule has 230 valence electrons. The van der Waals surface area contributed by atoms with Gasteiger partial charge < -0.3 is 25.3 Å². The summed E-state index contributed by atoms with van der Waals surface area (Å²) in [6, 6.07) is 11.7. The number of nitrogens with one attached hydrogen (secondary N) is 3. The Morgan fingerprint density at radius 3 is 2.37 bits per heavy atom. The maximum absolute atomic E-state index is 13.1. The normalized spacial score (nSPS) is 15.1. The van der Waals surface area contributed by atoms with Gasteiger partial charge in [-0.25, -0.2) is 13.4 Å². The van der Waals surface area contributed by atoms with Crippen molar-refractivity contribution in [1.82, 2.24) is 24.8 Å². The number of H-pyrrole nitrogens is 1. The lowest BCUT2D eigenvalue weighted by Gasteiger charge is -2.35. The third kappa shape index (κ3) is 6.62. The fraction of sp³-hybridized carbons (Fsp3) is 0.469. The Morgan fingerprint density at radius 2 is 1.70 bits per heavy atom. The Morgan fingerprint density at radius 1 is 0.977 bits per heavy atom. The number of likely N-dealkylation sites (tertiary alicyclic amines) is 1. The van der Waals surface area contributed by atoms with Crippen LogP contribution in [-0.2, 0) is 9.84 Å². The monoisotopic (exact) mass is 605 g/mol. The Kier molecular flexibility index (Phi) is 8.94. The van der Waals surface area contributed by atoms with Crippen LogP contribution in [0.4, 0.5) is 23.1 Å². The number of fused-ring (bicyclic) bond motifs is 1. The van der Waals surface area contributed by atoms with Crippen LogP contribution in [0.3, 0.4) is 0 Å². The summed E-state index contributed by atoms with van der Waals surface area (Å²) in [5.74, 6) is 1.94. The summed E-state index contributed by atoms with van der Waals surface area (Å²) in [4.78, 5) is 19.6. The number of sulfone groups is 1. The molecule has 3 heterocycles. The van der Waals surface area contributed by atoms with Crippen molar-refractivity contribution in [3.8, 4) is 5.75 Å². The zero-order valence-electron chi connectivity index (χ0n) is 26.1. The highest BCUT2D eigenvalue weighted by atomic mass is 32.2. The van der Waals surface area contributed by atoms with Crippen LogP contribution < -0.4 is 15.4 Å². The smallest absolute Gasteiger partial charge is 0.231 e. The van der Waals surface area contributed by atoms with E-state index in [0.29, 0.717) is 40.6 Å². The molecule has 2 aromatic carbocycles. The molecule has 43 heavy (non-hydrogen) atoms. The first-order chi connectivity index (χ1) is 20.4. The van der Waals surface area contributed by atoms with Crippen LogP contribution in [0.25, 0.3) is 11.2 Å². The minimum atomic E-state index is -3.54. The quantitative estimate of drug-likeness (QED) is 0.181. The maximum atomic E-state index is 13.1. The maximum Gasteiger partial charge on any atom is 0.231 e. The van der Waals surface area contributed by atoms with E-state index >= 15 is 0 Å². The van der Waals surface area contributed by atoms with Gasteiger partial charge in [-0.3, -0.25) is 0 Å². The molecule has 1 aliphatic heterocycles. The number of rotatable bonds is 10. The number of para-hydroxylation sites is 1. The fourth-order valence-corrected chi connectivity index (χ4v) is 6.82. The highest BCUT2D eigenvalue weighted by Crippen LogP contribution is 2.38. The topological polar surface area (TPSA) is 125 Å². The second-order valence-corrected chi connectivity index (χ2v) is 14.6. The van der Waals surface area contributed by atoms with E-state index in [1.807, 2.05) is 13.8 Å². The molecular weight excluding hydrogens is 562 g/mol. The summed E-state index contributed by atoms with van der Waals surface area (Å²) >= 11 is 0. The average Bonchev–Trinajstić information content (AvgIpc) is 3.43. The van der Waals surface area contributed by atoms with Crippen LogP contribution in [-0.4, -0.2) is 63.7 Å². The molecule has 1 aliphatic rings. The van der Waals surface area contributed by atoms with Crippen LogP contribution >= 0.6 is 0 Å². The largest absolute Gasteiger partial charge is 0.489 e. The number of imidazole rings is 1. The predicted molar refractivity (Wildman–Crippen MR) is 173 cm³/mol. The molecule has 0 saturated carbocycles. The molecule has 11 heteroatoms. The van der Waals surface area contributed by atoms with Crippen molar-refractivity contribution in [3.05, 3.63) is 53.9 Å². The summed E-state index contributed by atoms with van der Waals surface area (Å²) in [5.41, 5.74) is 4.72. The van der Waals surface area contributed by atoms with Gasteiger partial charge in [-0.15, -0.1) is 0 Å². The lowest BCUT2D eigenvalue weighted by Crippen LogP contribution is -2.37. The molecule has 0 spiro atoms. The van der Waals surface area contributed by atoms with E-state index in [-0.39, 0.29) is 11.0 Å². The highest BCUT2D eigenvalue weighted by molar-refractivity contribution is 7.92. The van der Waals surface area contributed by atoms with Gasteiger partial charge in [0.2, 0.25) is 5.95 Å². The number of piperidine rings is 1. The number of aromatic amines is 1. The summed E-state index contributed by atoms with van der Waals surface area (Å²) in [5, 5.41) is 6.03. The number of aryl methyl sites for hydroxylation is 1. The Hall–Kier alpha value is -3.70. The molecule has 2 aromatic heterocycles. The lowest BCUT2D eigenvalue weighted by molar-refractivity contribution is 0.171. The number of ether oxygens (including phenoxy) is 1. The predicted octanol–water partition coefficient (Wildman–Crippen LogP) is 6.71. The molecule has 1 saturated heterocycles. The van der Waals surface area contributed by atoms with Crippen molar-refractivity contribution in [3.63, 3.8) is 0 Å². The molecule has 0 unspecified atom stereocenters. The van der Waals surface area contributed by atoms with Crippen LogP contribution in [0.5, 0.6) is 5.75 Å². The van der Waals surface area contributed by atoms with E-state index in [4.69, 9.17) is 9.72 Å². The molecular formula is C32H43N7O3S. The Bertz CT molecular complexity index is 1690. The molecule has 0 amide bonds. The van der Waals surface area contributed by atoms with Crippen molar-refractivity contribution >= 4 is 44.1 Å². The average molecular weight is 606 g/mol. The molecule has 10 nitrogen and oxygen atoms in total. The summed E-state index contributed by atoms with van der Waals surface area (Å²) in [6.45, 7) is 16.2. The van der Waals surface area contributed by atoms with Crippen LogP contribution in [0.1, 0.15) is 71.4 Å². The van der Waals surface area contributed by atoms with E-state index < -0.39 is 15.1 Å². The third-order valence-corrected chi connectivity index (χ3v) is 10.2. The van der Waals surface area contributed by atoms with E-state index in [2.05, 4.69) is 63.4 Å². The Balaban J connectivity index is 1.49. The van der Waals surface area contributed by atoms with Crippen LogP contribution in [0.15, 0.2) is 47.6 Å². The van der Waals surface area contributed by atoms with Crippen LogP contribution in [0, 0.1) is 6.92 Å². The molecule has 0 aliphatic carbocycles. The van der Waals surface area contributed by atoms with Crippen molar-refractivity contribution in [2.45, 2.75) is 89.5 Å². The van der Waals surface area contributed by atoms with Crippen molar-refractivity contribution in [2.24, 2.45) is 0 Å². The number of aromatic nitrogens is 4. The molecule has 5 rings (SSSR count). The fourth-order valence-electron chi connectivity index (χ4n) is 5.62. The van der Waals surface area contributed by atoms with Gasteiger partial charge in [0, 0.05) is 6.04 Å². The first kappa shape index (κ1) is 30.7. The molecule has 0 radical (unpaired) electrons. The number of hydrogen-bond acceptors (Lipinski definition) is 9. The number of benzene rings is 2. The third-order valence-electron chi connectivity index (χ3n) is 8.02. The summed E-state index contributed by atoms with van der Waals surface area (Å²) in [6.07, 6.45) is 3.76. The minimum absolute atomic E-state index is 0.0217. The van der Waals surface area contributed by atoms with E-state index in [0.717, 1.165) is 37.4 Å². The van der Waals surface area contributed by atoms with Gasteiger partial charge in [0.05, 0.1) is 34.0 Å². The van der Waals surface area contributed by atoms with Gasteiger partial charge in [0.15, 0.2) is 26.8 Å². The second kappa shape index (κ2) is 12.5. The molecule has 0 atom stereocenters. The first-order valence-electron chi connectivity index (χ1n) is 15.1. The van der Waals surface area contributed by atoms with E-state index in [1.165, 1.54) is 11.1 Å². The molecule has 4 aromatic rings. The van der Waals surface area contributed by atoms with E-state index in [9.17, 15) is 8.42 Å². The van der Waals surface area contributed by atoms with Crippen molar-refractivity contribution < 1.29 is 13.2 Å². The SMILES string of the molecule is Cc1cc(Nc2nc(Nc3ccccc3S(=O)(=O)C(C)C)c3nc[nH]c3n2)c(OC(C)C)cc1C1CCN(C(C)C)CC1. The number of hydrogen-bond donors (Lipinski definition) is 3. The Labute approximate surface area is 254 Å². The molecule has 1 fully saturated rings. The van der Waals surface area contributed by atoms with Gasteiger partial charge >= 0.3 is 0 Å².